The van der Waals surface area contributed by atoms with Gasteiger partial charge in [-0.1, -0.05) is 75.7 Å². The van der Waals surface area contributed by atoms with Gasteiger partial charge in [0.1, 0.15) is 11.4 Å². The molecule has 0 unspecified atom stereocenters. The van der Waals surface area contributed by atoms with Gasteiger partial charge in [0.25, 0.3) is 10.0 Å². The minimum Gasteiger partial charge on any atom is -0.512 e. The van der Waals surface area contributed by atoms with E-state index >= 15 is 0 Å². The summed E-state index contributed by atoms with van der Waals surface area (Å²) in [6, 6.07) is 22.0. The molecule has 2 heterocycles. The van der Waals surface area contributed by atoms with Crippen LogP contribution in [0, 0.1) is 5.41 Å². The lowest BCUT2D eigenvalue weighted by atomic mass is 9.77. The molecule has 0 saturated carbocycles. The Balaban J connectivity index is 1.46. The maximum Gasteiger partial charge on any atom is 0.337 e. The van der Waals surface area contributed by atoms with Crippen molar-refractivity contribution in [3.8, 4) is 0 Å². The van der Waals surface area contributed by atoms with Crippen LogP contribution in [0.25, 0.3) is 0 Å². The summed E-state index contributed by atoms with van der Waals surface area (Å²) in [4.78, 5) is 17.2. The van der Waals surface area contributed by atoms with Gasteiger partial charge in [0, 0.05) is 18.3 Å². The Morgan fingerprint density at radius 3 is 2.38 bits per heavy atom. The van der Waals surface area contributed by atoms with E-state index in [9.17, 15) is 18.3 Å². The van der Waals surface area contributed by atoms with Gasteiger partial charge in [0.15, 0.2) is 5.03 Å². The highest BCUT2D eigenvalue weighted by Gasteiger charge is 2.42. The number of aryl methyl sites for hydroxylation is 1. The standard InChI is InChI=1S/C32H38N2O5S/c1-4-17-32(18-16-24-11-6-5-7-12-24)23-28(35)27(30(36)39-32)22-31(2,3)21-25-13-10-14-26(20-25)34-40(37,38)29-15-8-9-19-33-29/h5-15,19-20,34-35H,4,16-18,21-23H2,1-3H3/t32-/m0/s1. The number of carbonyl (C=O) groups excluding carboxylic acids is 1. The number of nitrogens with zero attached hydrogens (tertiary/aromatic N) is 1. The molecule has 0 amide bonds. The highest BCUT2D eigenvalue weighted by molar-refractivity contribution is 7.92. The molecule has 0 fully saturated rings. The molecule has 8 heteroatoms. The second-order valence-corrected chi connectivity index (χ2v) is 13.0. The molecule has 0 aliphatic carbocycles. The van der Waals surface area contributed by atoms with Crippen LogP contribution in [0.3, 0.4) is 0 Å². The zero-order valence-electron chi connectivity index (χ0n) is 23.4. The number of rotatable bonds is 12. The van der Waals surface area contributed by atoms with Gasteiger partial charge >= 0.3 is 5.97 Å². The highest BCUT2D eigenvalue weighted by atomic mass is 32.2. The molecule has 1 atom stereocenters. The molecule has 1 aromatic heterocycles. The van der Waals surface area contributed by atoms with Gasteiger partial charge in [-0.15, -0.1) is 0 Å². The molecular weight excluding hydrogens is 524 g/mol. The van der Waals surface area contributed by atoms with Crippen LogP contribution in [0.5, 0.6) is 0 Å². The summed E-state index contributed by atoms with van der Waals surface area (Å²) in [7, 11) is -3.81. The Kier molecular flexibility index (Phi) is 8.98. The molecular formula is C32H38N2O5S. The van der Waals surface area contributed by atoms with Crippen LogP contribution in [0.2, 0.25) is 0 Å². The second kappa shape index (κ2) is 12.3. The summed E-state index contributed by atoms with van der Waals surface area (Å²) in [5.41, 5.74) is 1.71. The van der Waals surface area contributed by atoms with E-state index in [0.29, 0.717) is 43.4 Å². The summed E-state index contributed by atoms with van der Waals surface area (Å²) >= 11 is 0. The summed E-state index contributed by atoms with van der Waals surface area (Å²) in [5.74, 6) is -0.335. The number of hydrogen-bond donors (Lipinski definition) is 2. The summed E-state index contributed by atoms with van der Waals surface area (Å²) in [6.07, 6.45) is 5.59. The summed E-state index contributed by atoms with van der Waals surface area (Å²) in [5, 5.41) is 11.1. The van der Waals surface area contributed by atoms with Crippen LogP contribution in [0.15, 0.2) is 95.4 Å². The van der Waals surface area contributed by atoms with Crippen molar-refractivity contribution in [1.29, 1.82) is 0 Å². The van der Waals surface area contributed by atoms with E-state index in [1.807, 2.05) is 38.1 Å². The lowest BCUT2D eigenvalue weighted by Crippen LogP contribution is -2.41. The van der Waals surface area contributed by atoms with Crippen LogP contribution >= 0.6 is 0 Å². The Morgan fingerprint density at radius 2 is 1.70 bits per heavy atom. The van der Waals surface area contributed by atoms with Crippen molar-refractivity contribution < 1.29 is 23.1 Å². The number of ether oxygens (including phenoxy) is 1. The molecule has 4 rings (SSSR count). The highest BCUT2D eigenvalue weighted by Crippen LogP contribution is 2.40. The maximum absolute atomic E-state index is 13.3. The van der Waals surface area contributed by atoms with Crippen molar-refractivity contribution in [1.82, 2.24) is 4.98 Å². The molecule has 0 bridgehead atoms. The van der Waals surface area contributed by atoms with E-state index in [0.717, 1.165) is 18.4 Å². The number of sulfonamides is 1. The minimum atomic E-state index is -3.81. The first kappa shape index (κ1) is 29.3. The first-order valence-corrected chi connectivity index (χ1v) is 15.2. The van der Waals surface area contributed by atoms with Gasteiger partial charge in [-0.3, -0.25) is 4.72 Å². The maximum atomic E-state index is 13.3. The fourth-order valence-electron chi connectivity index (χ4n) is 5.43. The molecule has 7 nitrogen and oxygen atoms in total. The van der Waals surface area contributed by atoms with Gasteiger partial charge in [0.05, 0.1) is 5.57 Å². The van der Waals surface area contributed by atoms with E-state index in [2.05, 4.69) is 28.8 Å². The van der Waals surface area contributed by atoms with E-state index in [1.165, 1.54) is 17.8 Å². The van der Waals surface area contributed by atoms with Gasteiger partial charge in [-0.2, -0.15) is 8.42 Å². The van der Waals surface area contributed by atoms with Crippen LogP contribution in [-0.4, -0.2) is 30.1 Å². The van der Waals surface area contributed by atoms with Crippen molar-refractivity contribution in [3.63, 3.8) is 0 Å². The third kappa shape index (κ3) is 7.50. The first-order valence-electron chi connectivity index (χ1n) is 13.7. The number of aromatic nitrogens is 1. The van der Waals surface area contributed by atoms with Crippen LogP contribution in [0.1, 0.15) is 64.0 Å². The molecule has 0 radical (unpaired) electrons. The number of pyridine rings is 1. The van der Waals surface area contributed by atoms with Crippen molar-refractivity contribution in [3.05, 3.63) is 101 Å². The number of anilines is 1. The predicted octanol–water partition coefficient (Wildman–Crippen LogP) is 6.77. The van der Waals surface area contributed by atoms with Crippen LogP contribution in [-0.2, 0) is 32.4 Å². The molecule has 2 N–H and O–H groups in total. The van der Waals surface area contributed by atoms with Gasteiger partial charge < -0.3 is 9.84 Å². The number of aliphatic hydroxyl groups is 1. The number of hydrogen-bond acceptors (Lipinski definition) is 6. The van der Waals surface area contributed by atoms with Gasteiger partial charge in [-0.25, -0.2) is 9.78 Å². The molecule has 1 aliphatic heterocycles. The first-order chi connectivity index (χ1) is 19.0. The average Bonchev–Trinajstić information content (AvgIpc) is 2.91. The Hall–Kier alpha value is -3.65. The van der Waals surface area contributed by atoms with Crippen molar-refractivity contribution in [2.24, 2.45) is 5.41 Å². The number of benzene rings is 2. The fourth-order valence-corrected chi connectivity index (χ4v) is 6.43. The predicted molar refractivity (Wildman–Crippen MR) is 156 cm³/mol. The SMILES string of the molecule is CCC[C@]1(CCc2ccccc2)CC(O)=C(CC(C)(C)Cc2cccc(NS(=O)(=O)c3ccccn3)c2)C(=O)O1. The van der Waals surface area contributed by atoms with E-state index in [-0.39, 0.29) is 10.8 Å². The monoisotopic (exact) mass is 562 g/mol. The number of nitrogens with one attached hydrogen (secondary N) is 1. The Labute approximate surface area is 237 Å². The normalized spacial score (nSPS) is 17.9. The van der Waals surface area contributed by atoms with Crippen molar-refractivity contribution in [2.75, 3.05) is 4.72 Å². The molecule has 0 saturated heterocycles. The van der Waals surface area contributed by atoms with E-state index in [4.69, 9.17) is 4.74 Å². The molecule has 2 aromatic carbocycles. The fraction of sp³-hybridized carbons (Fsp3) is 0.375. The van der Waals surface area contributed by atoms with Crippen molar-refractivity contribution in [2.45, 2.75) is 76.3 Å². The van der Waals surface area contributed by atoms with Gasteiger partial charge in [-0.05, 0) is 72.9 Å². The van der Waals surface area contributed by atoms with Crippen molar-refractivity contribution >= 4 is 21.7 Å². The van der Waals surface area contributed by atoms with Gasteiger partial charge in [0.2, 0.25) is 0 Å². The number of aliphatic hydroxyl groups excluding tert-OH is 1. The lowest BCUT2D eigenvalue weighted by Gasteiger charge is -2.38. The smallest absolute Gasteiger partial charge is 0.337 e. The molecule has 40 heavy (non-hydrogen) atoms. The zero-order chi connectivity index (χ0) is 28.8. The second-order valence-electron chi connectivity index (χ2n) is 11.4. The Morgan fingerprint density at radius 1 is 0.975 bits per heavy atom. The number of esters is 1. The molecule has 1 aliphatic rings. The largest absolute Gasteiger partial charge is 0.512 e. The quantitative estimate of drug-likeness (QED) is 0.236. The van der Waals surface area contributed by atoms with E-state index < -0.39 is 27.0 Å². The molecule has 3 aromatic rings. The third-order valence-corrected chi connectivity index (χ3v) is 8.54. The lowest BCUT2D eigenvalue weighted by molar-refractivity contribution is -0.161. The van der Waals surface area contributed by atoms with Crippen LogP contribution in [0.4, 0.5) is 5.69 Å². The zero-order valence-corrected chi connectivity index (χ0v) is 24.2. The number of cyclic esters (lactones) is 1. The average molecular weight is 563 g/mol. The van der Waals surface area contributed by atoms with E-state index in [1.54, 1.807) is 30.3 Å². The molecule has 0 spiro atoms. The molecule has 212 valence electrons. The minimum absolute atomic E-state index is 0.0538. The number of carbonyl (C=O) groups is 1. The van der Waals surface area contributed by atoms with Crippen LogP contribution < -0.4 is 4.72 Å². The topological polar surface area (TPSA) is 106 Å². The summed E-state index contributed by atoms with van der Waals surface area (Å²) < 4.78 is 34.1. The summed E-state index contributed by atoms with van der Waals surface area (Å²) in [6.45, 7) is 6.10. The Bertz CT molecular complexity index is 1450. The third-order valence-electron chi connectivity index (χ3n) is 7.24.